The van der Waals surface area contributed by atoms with Crippen LogP contribution in [0.15, 0.2) is 18.2 Å². The lowest BCUT2D eigenvalue weighted by molar-refractivity contribution is -0.385. The summed E-state index contributed by atoms with van der Waals surface area (Å²) in [5.41, 5.74) is 0.141. The van der Waals surface area contributed by atoms with E-state index in [0.29, 0.717) is 11.8 Å². The molecule has 0 fully saturated rings. The van der Waals surface area contributed by atoms with Gasteiger partial charge in [0.25, 0.3) is 5.69 Å². The largest absolute Gasteiger partial charge is 0.298 e. The minimum absolute atomic E-state index is 0.0100. The zero-order chi connectivity index (χ0) is 12.0. The highest BCUT2D eigenvalue weighted by Gasteiger charge is 2.12. The molecule has 16 heavy (non-hydrogen) atoms. The van der Waals surface area contributed by atoms with E-state index in [-0.39, 0.29) is 17.7 Å². The number of hydrogen-bond donors (Lipinski definition) is 0. The van der Waals surface area contributed by atoms with Crippen LogP contribution in [0.4, 0.5) is 5.69 Å². The first-order chi connectivity index (χ1) is 7.69. The Morgan fingerprint density at radius 3 is 2.81 bits per heavy atom. The van der Waals surface area contributed by atoms with E-state index in [0.717, 1.165) is 0 Å². The average Bonchev–Trinajstić information content (AvgIpc) is 2.29. The minimum atomic E-state index is -0.640. The van der Waals surface area contributed by atoms with Crippen molar-refractivity contribution in [2.24, 2.45) is 0 Å². The number of rotatable bonds is 2. The lowest BCUT2D eigenvalue weighted by Crippen LogP contribution is -1.94. The molecule has 0 aliphatic rings. The highest BCUT2D eigenvalue weighted by atomic mass is 16.6. The zero-order valence-electron chi connectivity index (χ0n) is 8.14. The number of benzene rings is 1. The third kappa shape index (κ3) is 2.66. The van der Waals surface area contributed by atoms with Gasteiger partial charge in [-0.25, -0.2) is 0 Å². The van der Waals surface area contributed by atoms with Crippen LogP contribution in [0.5, 0.6) is 0 Å². The van der Waals surface area contributed by atoms with Gasteiger partial charge >= 0.3 is 0 Å². The van der Waals surface area contributed by atoms with E-state index < -0.39 is 4.92 Å². The number of hydrogen-bond acceptors (Lipinski definition) is 4. The molecular weight excluding hydrogens is 208 g/mol. The molecule has 0 spiro atoms. The topological polar surface area (TPSA) is 84.0 Å². The Bertz CT molecular complexity index is 532. The van der Waals surface area contributed by atoms with Crippen LogP contribution in [0.1, 0.15) is 22.3 Å². The highest BCUT2D eigenvalue weighted by Crippen LogP contribution is 2.18. The van der Waals surface area contributed by atoms with E-state index in [9.17, 15) is 14.9 Å². The SMILES string of the molecule is N#CCC#Cc1ccc(C=O)c([N+](=O)[O-])c1. The summed E-state index contributed by atoms with van der Waals surface area (Å²) in [6, 6.07) is 5.89. The summed E-state index contributed by atoms with van der Waals surface area (Å²) < 4.78 is 0. The molecule has 1 aromatic rings. The van der Waals surface area contributed by atoms with Gasteiger partial charge < -0.3 is 0 Å². The van der Waals surface area contributed by atoms with Crippen molar-refractivity contribution < 1.29 is 9.72 Å². The Kier molecular flexibility index (Phi) is 3.77. The predicted molar refractivity (Wildman–Crippen MR) is 55.6 cm³/mol. The van der Waals surface area contributed by atoms with Crippen molar-refractivity contribution in [1.82, 2.24) is 0 Å². The standard InChI is InChI=1S/C11H6N2O3/c12-6-2-1-3-9-4-5-10(8-14)11(7-9)13(15)16/h4-5,7-8H,2H2. The van der Waals surface area contributed by atoms with Gasteiger partial charge in [0.15, 0.2) is 6.29 Å². The first kappa shape index (κ1) is 11.4. The van der Waals surface area contributed by atoms with E-state index in [1.165, 1.54) is 18.2 Å². The maximum Gasteiger partial charge on any atom is 0.281 e. The third-order valence-corrected chi connectivity index (χ3v) is 1.75. The molecule has 0 aliphatic carbocycles. The van der Waals surface area contributed by atoms with Crippen molar-refractivity contribution in [2.75, 3.05) is 0 Å². The molecule has 0 atom stereocenters. The Balaban J connectivity index is 3.14. The molecular formula is C11H6N2O3. The van der Waals surface area contributed by atoms with Gasteiger partial charge in [-0.1, -0.05) is 11.8 Å². The fourth-order valence-electron chi connectivity index (χ4n) is 1.06. The van der Waals surface area contributed by atoms with Crippen LogP contribution in [0.3, 0.4) is 0 Å². The van der Waals surface area contributed by atoms with Gasteiger partial charge in [-0.15, -0.1) is 0 Å². The second-order valence-electron chi connectivity index (χ2n) is 2.79. The predicted octanol–water partition coefficient (Wildman–Crippen LogP) is 1.67. The van der Waals surface area contributed by atoms with Crippen LogP contribution in [0, 0.1) is 33.3 Å². The molecule has 1 rings (SSSR count). The molecule has 78 valence electrons. The lowest BCUT2D eigenvalue weighted by Gasteiger charge is -1.95. The maximum atomic E-state index is 10.6. The fraction of sp³-hybridized carbons (Fsp3) is 0.0909. The summed E-state index contributed by atoms with van der Waals surface area (Å²) in [5, 5.41) is 18.9. The Morgan fingerprint density at radius 1 is 1.50 bits per heavy atom. The van der Waals surface area contributed by atoms with Gasteiger partial charge in [0.1, 0.15) is 0 Å². The molecule has 0 saturated heterocycles. The zero-order valence-corrected chi connectivity index (χ0v) is 8.14. The van der Waals surface area contributed by atoms with Crippen LogP contribution in [0.25, 0.3) is 0 Å². The van der Waals surface area contributed by atoms with Crippen LogP contribution in [-0.4, -0.2) is 11.2 Å². The number of nitro groups is 1. The van der Waals surface area contributed by atoms with Crippen molar-refractivity contribution in [2.45, 2.75) is 6.42 Å². The van der Waals surface area contributed by atoms with Crippen LogP contribution in [0.2, 0.25) is 0 Å². The quantitative estimate of drug-likeness (QED) is 0.324. The second kappa shape index (κ2) is 5.28. The molecule has 1 aromatic carbocycles. The Morgan fingerprint density at radius 2 is 2.25 bits per heavy atom. The van der Waals surface area contributed by atoms with Crippen molar-refractivity contribution in [3.63, 3.8) is 0 Å². The van der Waals surface area contributed by atoms with Crippen LogP contribution >= 0.6 is 0 Å². The molecule has 0 aromatic heterocycles. The van der Waals surface area contributed by atoms with Crippen LogP contribution in [-0.2, 0) is 0 Å². The van der Waals surface area contributed by atoms with Gasteiger partial charge in [-0.2, -0.15) is 5.26 Å². The molecule has 0 radical (unpaired) electrons. The van der Waals surface area contributed by atoms with Gasteiger partial charge in [-0.05, 0) is 12.1 Å². The first-order valence-corrected chi connectivity index (χ1v) is 4.28. The molecule has 0 bridgehead atoms. The van der Waals surface area contributed by atoms with Gasteiger partial charge in [0, 0.05) is 11.6 Å². The molecule has 0 aliphatic heterocycles. The average molecular weight is 214 g/mol. The summed E-state index contributed by atoms with van der Waals surface area (Å²) in [7, 11) is 0. The van der Waals surface area contributed by atoms with E-state index in [2.05, 4.69) is 11.8 Å². The number of nitro benzene ring substituents is 1. The fourth-order valence-corrected chi connectivity index (χ4v) is 1.06. The van der Waals surface area contributed by atoms with Crippen molar-refractivity contribution >= 4 is 12.0 Å². The van der Waals surface area contributed by atoms with Crippen molar-refractivity contribution in [1.29, 1.82) is 5.26 Å². The third-order valence-electron chi connectivity index (χ3n) is 1.75. The van der Waals surface area contributed by atoms with Crippen molar-refractivity contribution in [3.8, 4) is 17.9 Å². The molecule has 0 heterocycles. The summed E-state index contributed by atoms with van der Waals surface area (Å²) in [4.78, 5) is 20.5. The lowest BCUT2D eigenvalue weighted by atomic mass is 10.1. The summed E-state index contributed by atoms with van der Waals surface area (Å²) in [5.74, 6) is 5.13. The number of carbonyl (C=O) groups is 1. The number of nitrogens with zero attached hydrogens (tertiary/aromatic N) is 2. The molecule has 0 unspecified atom stereocenters. The Hall–Kier alpha value is -2.66. The second-order valence-corrected chi connectivity index (χ2v) is 2.79. The molecule has 0 N–H and O–H groups in total. The minimum Gasteiger partial charge on any atom is -0.298 e. The molecule has 0 saturated carbocycles. The smallest absolute Gasteiger partial charge is 0.281 e. The maximum absolute atomic E-state index is 10.6. The van der Waals surface area contributed by atoms with Gasteiger partial charge in [-0.3, -0.25) is 14.9 Å². The highest BCUT2D eigenvalue weighted by molar-refractivity contribution is 5.81. The van der Waals surface area contributed by atoms with E-state index in [1.54, 1.807) is 0 Å². The molecule has 5 heteroatoms. The summed E-state index contributed by atoms with van der Waals surface area (Å²) in [6.07, 6.45) is 0.480. The molecule has 0 amide bonds. The van der Waals surface area contributed by atoms with Gasteiger partial charge in [0.05, 0.1) is 23.0 Å². The normalized spacial score (nSPS) is 8.44. The van der Waals surface area contributed by atoms with E-state index in [4.69, 9.17) is 5.26 Å². The van der Waals surface area contributed by atoms with Gasteiger partial charge in [0.2, 0.25) is 0 Å². The van der Waals surface area contributed by atoms with Crippen LogP contribution < -0.4 is 0 Å². The monoisotopic (exact) mass is 214 g/mol. The Labute approximate surface area is 91.5 Å². The summed E-state index contributed by atoms with van der Waals surface area (Å²) >= 11 is 0. The number of aldehydes is 1. The van der Waals surface area contributed by atoms with E-state index in [1.807, 2.05) is 6.07 Å². The molecule has 5 nitrogen and oxygen atoms in total. The first-order valence-electron chi connectivity index (χ1n) is 4.28. The summed E-state index contributed by atoms with van der Waals surface area (Å²) in [6.45, 7) is 0. The van der Waals surface area contributed by atoms with Crippen molar-refractivity contribution in [3.05, 3.63) is 39.4 Å². The van der Waals surface area contributed by atoms with E-state index >= 15 is 0 Å². The number of carbonyl (C=O) groups excluding carboxylic acids is 1. The number of nitriles is 1.